The van der Waals surface area contributed by atoms with Gasteiger partial charge in [-0.15, -0.1) is 5.10 Å². The lowest BCUT2D eigenvalue weighted by molar-refractivity contribution is -0.137. The third-order valence-corrected chi connectivity index (χ3v) is 4.72. The van der Waals surface area contributed by atoms with E-state index in [4.69, 9.17) is 4.74 Å². The summed E-state index contributed by atoms with van der Waals surface area (Å²) >= 11 is 0. The fraction of sp³-hybridized carbons (Fsp3) is 0.0870. The highest BCUT2D eigenvalue weighted by Gasteiger charge is 2.30. The minimum Gasteiger partial charge on any atom is -0.466 e. The molecule has 0 fully saturated rings. The Morgan fingerprint density at radius 1 is 0.939 bits per heavy atom. The summed E-state index contributed by atoms with van der Waals surface area (Å²) < 4.78 is 58.0. The number of hydrogen-bond acceptors (Lipinski definition) is 4. The molecule has 1 N–H and O–H groups in total. The van der Waals surface area contributed by atoms with Crippen molar-refractivity contribution in [2.24, 2.45) is 0 Å². The summed E-state index contributed by atoms with van der Waals surface area (Å²) in [5.41, 5.74) is 0.902. The Kier molecular flexibility index (Phi) is 5.82. The van der Waals surface area contributed by atoms with E-state index in [2.05, 4.69) is 15.4 Å². The van der Waals surface area contributed by atoms with Crippen molar-refractivity contribution in [2.45, 2.75) is 6.18 Å². The highest BCUT2D eigenvalue weighted by molar-refractivity contribution is 6.04. The summed E-state index contributed by atoms with van der Waals surface area (Å²) in [5, 5.41) is 6.91. The zero-order chi connectivity index (χ0) is 23.6. The number of rotatable bonds is 5. The van der Waals surface area contributed by atoms with E-state index >= 15 is 0 Å². The van der Waals surface area contributed by atoms with Gasteiger partial charge in [0.05, 0.1) is 18.4 Å². The zero-order valence-corrected chi connectivity index (χ0v) is 17.1. The molecule has 6 nitrogen and oxygen atoms in total. The smallest absolute Gasteiger partial charge is 0.416 e. The van der Waals surface area contributed by atoms with E-state index in [9.17, 15) is 22.4 Å². The number of nitrogens with zero attached hydrogens (tertiary/aromatic N) is 3. The molecule has 0 spiro atoms. The second kappa shape index (κ2) is 8.73. The van der Waals surface area contributed by atoms with Crippen molar-refractivity contribution in [3.05, 3.63) is 89.7 Å². The van der Waals surface area contributed by atoms with Crippen molar-refractivity contribution in [1.29, 1.82) is 0 Å². The van der Waals surface area contributed by atoms with Gasteiger partial charge < -0.3 is 10.1 Å². The molecule has 33 heavy (non-hydrogen) atoms. The van der Waals surface area contributed by atoms with Crippen molar-refractivity contribution in [1.82, 2.24) is 14.8 Å². The molecule has 0 radical (unpaired) electrons. The molecule has 0 aliphatic rings. The number of anilines is 1. The van der Waals surface area contributed by atoms with E-state index in [1.807, 2.05) is 0 Å². The maximum absolute atomic E-state index is 13.3. The Balaban J connectivity index is 1.55. The quantitative estimate of drug-likeness (QED) is 0.411. The molecular formula is C23H16F4N4O2. The lowest BCUT2D eigenvalue weighted by Gasteiger charge is -2.10. The number of ether oxygens (including phenoxy) is 1. The fourth-order valence-corrected chi connectivity index (χ4v) is 3.05. The molecule has 168 valence electrons. The fourth-order valence-electron chi connectivity index (χ4n) is 3.05. The molecule has 3 aromatic carbocycles. The molecule has 0 bridgehead atoms. The van der Waals surface area contributed by atoms with E-state index in [0.29, 0.717) is 22.8 Å². The lowest BCUT2D eigenvalue weighted by Crippen LogP contribution is -2.13. The third kappa shape index (κ3) is 4.84. The van der Waals surface area contributed by atoms with Crippen LogP contribution in [0.25, 0.3) is 17.1 Å². The number of methoxy groups -OCH3 is 1. The van der Waals surface area contributed by atoms with Gasteiger partial charge in [0.1, 0.15) is 5.82 Å². The molecule has 0 saturated carbocycles. The van der Waals surface area contributed by atoms with Crippen LogP contribution in [0.3, 0.4) is 0 Å². The van der Waals surface area contributed by atoms with Crippen LogP contribution in [0.1, 0.15) is 15.9 Å². The van der Waals surface area contributed by atoms with Crippen molar-refractivity contribution in [3.8, 4) is 23.1 Å². The van der Waals surface area contributed by atoms with Gasteiger partial charge in [-0.2, -0.15) is 18.2 Å². The van der Waals surface area contributed by atoms with Crippen LogP contribution in [0.2, 0.25) is 0 Å². The van der Waals surface area contributed by atoms with E-state index < -0.39 is 17.6 Å². The maximum Gasteiger partial charge on any atom is 0.416 e. The monoisotopic (exact) mass is 456 g/mol. The number of amides is 1. The van der Waals surface area contributed by atoms with Crippen LogP contribution in [0.4, 0.5) is 23.2 Å². The highest BCUT2D eigenvalue weighted by Crippen LogP contribution is 2.29. The normalized spacial score (nSPS) is 11.3. The Morgan fingerprint density at radius 2 is 1.58 bits per heavy atom. The predicted octanol–water partition coefficient (Wildman–Crippen LogP) is 5.35. The second-order valence-corrected chi connectivity index (χ2v) is 6.92. The molecule has 1 aromatic heterocycles. The van der Waals surface area contributed by atoms with Crippen LogP contribution in [0.5, 0.6) is 6.01 Å². The van der Waals surface area contributed by atoms with E-state index in [0.717, 1.165) is 24.3 Å². The van der Waals surface area contributed by atoms with Crippen molar-refractivity contribution < 1.29 is 27.1 Å². The van der Waals surface area contributed by atoms with Gasteiger partial charge in [-0.1, -0.05) is 0 Å². The number of carbonyl (C=O) groups excluding carboxylic acids is 1. The molecule has 4 rings (SSSR count). The molecule has 0 aliphatic carbocycles. The minimum atomic E-state index is -4.47. The van der Waals surface area contributed by atoms with Gasteiger partial charge >= 0.3 is 12.2 Å². The number of nitrogens with one attached hydrogen (secondary N) is 1. The summed E-state index contributed by atoms with van der Waals surface area (Å²) in [4.78, 5) is 16.7. The number of aromatic nitrogens is 3. The lowest BCUT2D eigenvalue weighted by atomic mass is 10.1. The van der Waals surface area contributed by atoms with Gasteiger partial charge in [0.15, 0.2) is 5.82 Å². The largest absolute Gasteiger partial charge is 0.466 e. The van der Waals surface area contributed by atoms with Crippen molar-refractivity contribution in [2.75, 3.05) is 12.4 Å². The summed E-state index contributed by atoms with van der Waals surface area (Å²) in [6, 6.07) is 16.4. The van der Waals surface area contributed by atoms with Crippen LogP contribution in [0, 0.1) is 5.82 Å². The molecule has 0 aliphatic heterocycles. The molecule has 1 amide bonds. The number of alkyl halides is 3. The number of hydrogen-bond donors (Lipinski definition) is 1. The zero-order valence-electron chi connectivity index (χ0n) is 17.1. The number of halogens is 4. The molecule has 0 unspecified atom stereocenters. The molecule has 10 heteroatoms. The topological polar surface area (TPSA) is 69.0 Å². The summed E-state index contributed by atoms with van der Waals surface area (Å²) in [5.74, 6) is -0.510. The first-order valence-electron chi connectivity index (χ1n) is 9.60. The van der Waals surface area contributed by atoms with Crippen LogP contribution >= 0.6 is 0 Å². The predicted molar refractivity (Wildman–Crippen MR) is 113 cm³/mol. The minimum absolute atomic E-state index is 0.0895. The Morgan fingerprint density at radius 3 is 2.15 bits per heavy atom. The second-order valence-electron chi connectivity index (χ2n) is 6.92. The van der Waals surface area contributed by atoms with Gasteiger partial charge in [0.2, 0.25) is 0 Å². The average Bonchev–Trinajstić information content (AvgIpc) is 3.24. The molecule has 0 saturated heterocycles. The van der Waals surface area contributed by atoms with E-state index in [1.165, 1.54) is 23.9 Å². The summed E-state index contributed by atoms with van der Waals surface area (Å²) in [6.07, 6.45) is -4.47. The molecule has 1 heterocycles. The molecule has 4 aromatic rings. The standard InChI is InChI=1S/C23H16F4N4O2/c1-33-22-29-20(14-4-8-17(24)9-5-14)31(30-22)19-12-10-18(11-13-19)28-21(32)15-2-6-16(7-3-15)23(25,26)27/h2-13H,1H3,(H,28,32). The van der Waals surface area contributed by atoms with Crippen molar-refractivity contribution >= 4 is 11.6 Å². The SMILES string of the molecule is COc1nc(-c2ccc(F)cc2)n(-c2ccc(NC(=O)c3ccc(C(F)(F)F)cc3)cc2)n1. The van der Waals surface area contributed by atoms with Crippen LogP contribution in [-0.4, -0.2) is 27.8 Å². The van der Waals surface area contributed by atoms with Crippen molar-refractivity contribution in [3.63, 3.8) is 0 Å². The first-order valence-corrected chi connectivity index (χ1v) is 9.60. The van der Waals surface area contributed by atoms with Gasteiger partial charge in [-0.3, -0.25) is 4.79 Å². The van der Waals surface area contributed by atoms with Gasteiger partial charge in [0, 0.05) is 16.8 Å². The number of benzene rings is 3. The Bertz CT molecular complexity index is 1270. The number of carbonyl (C=O) groups is 1. The van der Waals surface area contributed by atoms with Crippen LogP contribution in [0.15, 0.2) is 72.8 Å². The first-order chi connectivity index (χ1) is 15.7. The average molecular weight is 456 g/mol. The summed E-state index contributed by atoms with van der Waals surface area (Å²) in [7, 11) is 1.42. The molecular weight excluding hydrogens is 440 g/mol. The van der Waals surface area contributed by atoms with Gasteiger partial charge in [-0.05, 0) is 72.8 Å². The van der Waals surface area contributed by atoms with Gasteiger partial charge in [-0.25, -0.2) is 9.07 Å². The Hall–Kier alpha value is -4.21. The van der Waals surface area contributed by atoms with Crippen LogP contribution in [-0.2, 0) is 6.18 Å². The highest BCUT2D eigenvalue weighted by atomic mass is 19.4. The van der Waals surface area contributed by atoms with Gasteiger partial charge in [0.25, 0.3) is 5.91 Å². The van der Waals surface area contributed by atoms with E-state index in [1.54, 1.807) is 36.4 Å². The third-order valence-electron chi connectivity index (χ3n) is 4.72. The van der Waals surface area contributed by atoms with Crippen LogP contribution < -0.4 is 10.1 Å². The molecule has 0 atom stereocenters. The van der Waals surface area contributed by atoms with E-state index in [-0.39, 0.29) is 17.4 Å². The first kappa shape index (κ1) is 22.0. The Labute approximate surface area is 185 Å². The summed E-state index contributed by atoms with van der Waals surface area (Å²) in [6.45, 7) is 0. The maximum atomic E-state index is 13.3.